The van der Waals surface area contributed by atoms with Gasteiger partial charge in [0.05, 0.1) is 17.4 Å². The van der Waals surface area contributed by atoms with E-state index in [1.54, 1.807) is 24.4 Å². The van der Waals surface area contributed by atoms with Crippen LogP contribution in [0.2, 0.25) is 0 Å². The van der Waals surface area contributed by atoms with E-state index in [0.717, 1.165) is 5.39 Å². The highest BCUT2D eigenvalue weighted by atomic mass is 16.6. The lowest BCUT2D eigenvalue weighted by molar-refractivity contribution is -0.383. The van der Waals surface area contributed by atoms with Crippen LogP contribution in [0.3, 0.4) is 0 Å². The smallest absolute Gasteiger partial charge is 0.318 e. The molecule has 0 saturated carbocycles. The monoisotopic (exact) mass is 204 g/mol. The third-order valence-corrected chi connectivity index (χ3v) is 2.16. The normalized spacial score (nSPS) is 10.2. The summed E-state index contributed by atoms with van der Waals surface area (Å²) in [7, 11) is 1.41. The Hall–Kier alpha value is -2.17. The van der Waals surface area contributed by atoms with Crippen molar-refractivity contribution in [2.75, 3.05) is 7.11 Å². The van der Waals surface area contributed by atoms with Crippen LogP contribution in [-0.2, 0) is 0 Å². The highest BCUT2D eigenvalue weighted by Gasteiger charge is 2.18. The molecule has 5 heteroatoms. The summed E-state index contributed by atoms with van der Waals surface area (Å²) in [6, 6.07) is 4.92. The Bertz CT molecular complexity index is 525. The summed E-state index contributed by atoms with van der Waals surface area (Å²) in [5, 5.41) is 12.2. The maximum atomic E-state index is 10.9. The molecule has 0 aliphatic heterocycles. The fourth-order valence-corrected chi connectivity index (χ4v) is 1.49. The summed E-state index contributed by atoms with van der Waals surface area (Å²) < 4.78 is 4.95. The zero-order valence-corrected chi connectivity index (χ0v) is 8.01. The van der Waals surface area contributed by atoms with E-state index in [1.807, 2.05) is 0 Å². The molecule has 15 heavy (non-hydrogen) atoms. The lowest BCUT2D eigenvalue weighted by Gasteiger charge is -2.03. The van der Waals surface area contributed by atoms with E-state index < -0.39 is 4.92 Å². The molecule has 1 heterocycles. The molecule has 0 spiro atoms. The number of hydrogen-bond donors (Lipinski definition) is 0. The van der Waals surface area contributed by atoms with Crippen LogP contribution >= 0.6 is 0 Å². The SMILES string of the molecule is COc1ccc2cnccc2c1[N+](=O)[O-]. The molecule has 0 fully saturated rings. The second-order valence-corrected chi connectivity index (χ2v) is 2.97. The number of nitro groups is 1. The van der Waals surface area contributed by atoms with Crippen LogP contribution in [0.4, 0.5) is 5.69 Å². The number of nitrogens with zero attached hydrogens (tertiary/aromatic N) is 2. The fraction of sp³-hybridized carbons (Fsp3) is 0.100. The summed E-state index contributed by atoms with van der Waals surface area (Å²) in [5.41, 5.74) is -0.0163. The van der Waals surface area contributed by atoms with Crippen molar-refractivity contribution in [2.24, 2.45) is 0 Å². The molecule has 0 aliphatic carbocycles. The van der Waals surface area contributed by atoms with Crippen LogP contribution < -0.4 is 4.74 Å². The molecule has 1 aromatic heterocycles. The Labute approximate surface area is 85.5 Å². The molecule has 0 amide bonds. The number of fused-ring (bicyclic) bond motifs is 1. The third-order valence-electron chi connectivity index (χ3n) is 2.16. The van der Waals surface area contributed by atoms with Crippen molar-refractivity contribution < 1.29 is 9.66 Å². The first-order chi connectivity index (χ1) is 7.24. The molecular formula is C10H8N2O3. The largest absolute Gasteiger partial charge is 0.490 e. The van der Waals surface area contributed by atoms with Gasteiger partial charge in [0, 0.05) is 17.8 Å². The average Bonchev–Trinajstić information content (AvgIpc) is 2.27. The standard InChI is InChI=1S/C10H8N2O3/c1-15-9-3-2-7-6-11-5-4-8(7)10(9)12(13)14/h2-6H,1H3. The molecule has 0 N–H and O–H groups in total. The Kier molecular flexibility index (Phi) is 2.21. The van der Waals surface area contributed by atoms with Gasteiger partial charge in [-0.1, -0.05) is 0 Å². The van der Waals surface area contributed by atoms with E-state index in [9.17, 15) is 10.1 Å². The molecule has 0 radical (unpaired) electrons. The number of methoxy groups -OCH3 is 1. The molecule has 2 rings (SSSR count). The number of nitro benzene ring substituents is 1. The van der Waals surface area contributed by atoms with Gasteiger partial charge in [0.1, 0.15) is 0 Å². The van der Waals surface area contributed by atoms with E-state index in [1.165, 1.54) is 13.3 Å². The summed E-state index contributed by atoms with van der Waals surface area (Å²) in [6.07, 6.45) is 3.11. The molecule has 0 saturated heterocycles. The summed E-state index contributed by atoms with van der Waals surface area (Å²) >= 11 is 0. The average molecular weight is 204 g/mol. The number of aromatic nitrogens is 1. The minimum absolute atomic E-state index is 0.0163. The Morgan fingerprint density at radius 2 is 2.20 bits per heavy atom. The second-order valence-electron chi connectivity index (χ2n) is 2.97. The number of pyridine rings is 1. The van der Waals surface area contributed by atoms with Gasteiger partial charge >= 0.3 is 5.69 Å². The molecule has 1 aromatic carbocycles. The quantitative estimate of drug-likeness (QED) is 0.555. The minimum atomic E-state index is -0.443. The van der Waals surface area contributed by atoms with Gasteiger partial charge in [0.25, 0.3) is 0 Å². The number of rotatable bonds is 2. The fourth-order valence-electron chi connectivity index (χ4n) is 1.49. The topological polar surface area (TPSA) is 65.3 Å². The van der Waals surface area contributed by atoms with Gasteiger partial charge in [-0.15, -0.1) is 0 Å². The van der Waals surface area contributed by atoms with Gasteiger partial charge in [0.2, 0.25) is 0 Å². The molecular weight excluding hydrogens is 196 g/mol. The molecule has 2 aromatic rings. The molecule has 0 bridgehead atoms. The van der Waals surface area contributed by atoms with Gasteiger partial charge < -0.3 is 4.74 Å². The van der Waals surface area contributed by atoms with Crippen molar-refractivity contribution in [3.05, 3.63) is 40.7 Å². The van der Waals surface area contributed by atoms with Crippen molar-refractivity contribution in [1.82, 2.24) is 4.98 Å². The Morgan fingerprint density at radius 1 is 1.40 bits per heavy atom. The highest BCUT2D eigenvalue weighted by molar-refractivity contribution is 5.92. The first-order valence-electron chi connectivity index (χ1n) is 4.29. The first kappa shape index (κ1) is 9.39. The third kappa shape index (κ3) is 1.48. The molecule has 5 nitrogen and oxygen atoms in total. The van der Waals surface area contributed by atoms with E-state index in [-0.39, 0.29) is 11.4 Å². The van der Waals surface area contributed by atoms with Crippen molar-refractivity contribution in [1.29, 1.82) is 0 Å². The predicted molar refractivity (Wildman–Crippen MR) is 54.9 cm³/mol. The van der Waals surface area contributed by atoms with Crippen LogP contribution in [-0.4, -0.2) is 17.0 Å². The van der Waals surface area contributed by atoms with Crippen LogP contribution in [0.15, 0.2) is 30.6 Å². The molecule has 76 valence electrons. The molecule has 0 aliphatic rings. The Morgan fingerprint density at radius 3 is 2.87 bits per heavy atom. The maximum Gasteiger partial charge on any atom is 0.318 e. The van der Waals surface area contributed by atoms with Gasteiger partial charge in [-0.2, -0.15) is 0 Å². The number of benzene rings is 1. The Balaban J connectivity index is 2.85. The van der Waals surface area contributed by atoms with Gasteiger partial charge in [-0.05, 0) is 18.2 Å². The van der Waals surface area contributed by atoms with Crippen molar-refractivity contribution in [3.63, 3.8) is 0 Å². The van der Waals surface area contributed by atoms with Crippen LogP contribution in [0.1, 0.15) is 0 Å². The van der Waals surface area contributed by atoms with Gasteiger partial charge in [-0.3, -0.25) is 15.1 Å². The minimum Gasteiger partial charge on any atom is -0.490 e. The zero-order chi connectivity index (χ0) is 10.8. The number of hydrogen-bond acceptors (Lipinski definition) is 4. The van der Waals surface area contributed by atoms with Gasteiger partial charge in [-0.25, -0.2) is 0 Å². The molecule has 0 atom stereocenters. The maximum absolute atomic E-state index is 10.9. The summed E-state index contributed by atoms with van der Waals surface area (Å²) in [4.78, 5) is 14.4. The van der Waals surface area contributed by atoms with Crippen molar-refractivity contribution in [3.8, 4) is 5.75 Å². The van der Waals surface area contributed by atoms with E-state index in [0.29, 0.717) is 5.39 Å². The molecule has 0 unspecified atom stereocenters. The lowest BCUT2D eigenvalue weighted by atomic mass is 10.1. The highest BCUT2D eigenvalue weighted by Crippen LogP contribution is 2.34. The van der Waals surface area contributed by atoms with Crippen LogP contribution in [0.5, 0.6) is 5.75 Å². The van der Waals surface area contributed by atoms with Crippen molar-refractivity contribution >= 4 is 16.5 Å². The zero-order valence-electron chi connectivity index (χ0n) is 8.01. The second kappa shape index (κ2) is 3.53. The summed E-state index contributed by atoms with van der Waals surface area (Å²) in [5.74, 6) is 0.263. The van der Waals surface area contributed by atoms with Crippen molar-refractivity contribution in [2.45, 2.75) is 0 Å². The van der Waals surface area contributed by atoms with Crippen LogP contribution in [0, 0.1) is 10.1 Å². The first-order valence-corrected chi connectivity index (χ1v) is 4.29. The van der Waals surface area contributed by atoms with E-state index in [4.69, 9.17) is 4.74 Å². The summed E-state index contributed by atoms with van der Waals surface area (Å²) in [6.45, 7) is 0. The number of ether oxygens (including phenoxy) is 1. The predicted octanol–water partition coefficient (Wildman–Crippen LogP) is 2.15. The van der Waals surface area contributed by atoms with Gasteiger partial charge in [0.15, 0.2) is 5.75 Å². The van der Waals surface area contributed by atoms with E-state index >= 15 is 0 Å². The van der Waals surface area contributed by atoms with Crippen LogP contribution in [0.25, 0.3) is 10.8 Å². The lowest BCUT2D eigenvalue weighted by Crippen LogP contribution is -1.94. The van der Waals surface area contributed by atoms with E-state index in [2.05, 4.69) is 4.98 Å².